The van der Waals surface area contributed by atoms with Gasteiger partial charge < -0.3 is 19.4 Å². The van der Waals surface area contributed by atoms with Gasteiger partial charge in [-0.3, -0.25) is 0 Å². The Bertz CT molecular complexity index is 505. The Morgan fingerprint density at radius 2 is 2.14 bits per heavy atom. The molecule has 116 valence electrons. The van der Waals surface area contributed by atoms with E-state index in [9.17, 15) is 0 Å². The number of ether oxygens (including phenoxy) is 1. The summed E-state index contributed by atoms with van der Waals surface area (Å²) in [7, 11) is 3.85. The Kier molecular flexibility index (Phi) is 6.23. The molecule has 1 atom stereocenters. The van der Waals surface area contributed by atoms with Gasteiger partial charge >= 0.3 is 0 Å². The molecule has 1 unspecified atom stereocenters. The third-order valence-corrected chi connectivity index (χ3v) is 3.60. The van der Waals surface area contributed by atoms with Crippen LogP contribution in [0.1, 0.15) is 25.1 Å². The molecule has 0 radical (unpaired) electrons. The highest BCUT2D eigenvalue weighted by atomic mass is 16.5. The fraction of sp³-hybridized carbons (Fsp3) is 0.529. The van der Waals surface area contributed by atoms with Crippen molar-refractivity contribution in [3.05, 3.63) is 36.1 Å². The summed E-state index contributed by atoms with van der Waals surface area (Å²) in [5.41, 5.74) is 0.954. The van der Waals surface area contributed by atoms with E-state index in [1.54, 1.807) is 7.11 Å². The quantitative estimate of drug-likeness (QED) is 0.770. The van der Waals surface area contributed by atoms with E-state index in [2.05, 4.69) is 36.3 Å². The minimum Gasteiger partial charge on any atom is -0.459 e. The standard InChI is InChI=1S/C17H26N2O2/c1-4-9-18-15(13-19(2)10-11-20-3)17-12-14-7-5-6-8-16(14)21-17/h5-8,12,15,18H,4,9-11,13H2,1-3H3. The van der Waals surface area contributed by atoms with Crippen molar-refractivity contribution in [1.29, 1.82) is 0 Å². The lowest BCUT2D eigenvalue weighted by atomic mass is 10.2. The van der Waals surface area contributed by atoms with Gasteiger partial charge in [0.1, 0.15) is 11.3 Å². The predicted octanol–water partition coefficient (Wildman–Crippen LogP) is 3.05. The number of likely N-dealkylation sites (N-methyl/N-ethyl adjacent to an activating group) is 1. The number of nitrogens with one attached hydrogen (secondary N) is 1. The average Bonchev–Trinajstić information content (AvgIpc) is 2.93. The van der Waals surface area contributed by atoms with Crippen LogP contribution in [0.25, 0.3) is 11.0 Å². The number of nitrogens with zero attached hydrogens (tertiary/aromatic N) is 1. The summed E-state index contributed by atoms with van der Waals surface area (Å²) in [5, 5.41) is 4.74. The Hall–Kier alpha value is -1.36. The van der Waals surface area contributed by atoms with Crippen LogP contribution in [-0.4, -0.2) is 45.3 Å². The first-order chi connectivity index (χ1) is 10.2. The monoisotopic (exact) mass is 290 g/mol. The van der Waals surface area contributed by atoms with E-state index >= 15 is 0 Å². The van der Waals surface area contributed by atoms with Crippen molar-refractivity contribution in [2.75, 3.05) is 40.4 Å². The molecular weight excluding hydrogens is 264 g/mol. The molecule has 0 aliphatic carbocycles. The van der Waals surface area contributed by atoms with E-state index in [4.69, 9.17) is 9.15 Å². The molecule has 0 fully saturated rings. The summed E-state index contributed by atoms with van der Waals surface area (Å²) >= 11 is 0. The second-order valence-corrected chi connectivity index (χ2v) is 5.45. The summed E-state index contributed by atoms with van der Waals surface area (Å²) in [6, 6.07) is 10.5. The molecule has 4 nitrogen and oxygen atoms in total. The fourth-order valence-electron chi connectivity index (χ4n) is 2.40. The number of hydrogen-bond acceptors (Lipinski definition) is 4. The summed E-state index contributed by atoms with van der Waals surface area (Å²) in [6.07, 6.45) is 1.11. The Balaban J connectivity index is 2.10. The van der Waals surface area contributed by atoms with Crippen LogP contribution in [0, 0.1) is 0 Å². The van der Waals surface area contributed by atoms with E-state index in [1.165, 1.54) is 0 Å². The van der Waals surface area contributed by atoms with Crippen LogP contribution in [0.5, 0.6) is 0 Å². The van der Waals surface area contributed by atoms with Gasteiger partial charge in [0.25, 0.3) is 0 Å². The second kappa shape index (κ2) is 8.17. The highest BCUT2D eigenvalue weighted by Crippen LogP contribution is 2.24. The predicted molar refractivity (Wildman–Crippen MR) is 86.6 cm³/mol. The lowest BCUT2D eigenvalue weighted by molar-refractivity contribution is 0.153. The normalized spacial score (nSPS) is 13.1. The summed E-state index contributed by atoms with van der Waals surface area (Å²) < 4.78 is 11.2. The maximum Gasteiger partial charge on any atom is 0.134 e. The molecule has 0 amide bonds. The maximum absolute atomic E-state index is 6.01. The molecule has 0 aliphatic heterocycles. The first-order valence-electron chi connectivity index (χ1n) is 7.64. The second-order valence-electron chi connectivity index (χ2n) is 5.45. The summed E-state index contributed by atoms with van der Waals surface area (Å²) in [5.74, 6) is 1.01. The largest absolute Gasteiger partial charge is 0.459 e. The molecular formula is C17H26N2O2. The van der Waals surface area contributed by atoms with Crippen molar-refractivity contribution < 1.29 is 9.15 Å². The van der Waals surface area contributed by atoms with E-state index in [0.717, 1.165) is 49.4 Å². The molecule has 1 heterocycles. The van der Waals surface area contributed by atoms with Crippen LogP contribution in [0.4, 0.5) is 0 Å². The zero-order chi connectivity index (χ0) is 15.1. The van der Waals surface area contributed by atoms with E-state index in [-0.39, 0.29) is 6.04 Å². The van der Waals surface area contributed by atoms with E-state index in [1.807, 2.05) is 18.2 Å². The molecule has 0 saturated heterocycles. The summed E-state index contributed by atoms with van der Waals surface area (Å²) in [4.78, 5) is 2.27. The number of benzene rings is 1. The molecule has 0 saturated carbocycles. The molecule has 1 aromatic carbocycles. The Morgan fingerprint density at radius 3 is 2.86 bits per heavy atom. The SMILES string of the molecule is CCCNC(CN(C)CCOC)c1cc2ccccc2o1. The fourth-order valence-corrected chi connectivity index (χ4v) is 2.40. The molecule has 0 spiro atoms. The van der Waals surface area contributed by atoms with Crippen molar-refractivity contribution in [3.63, 3.8) is 0 Å². The topological polar surface area (TPSA) is 37.6 Å². The number of methoxy groups -OCH3 is 1. The van der Waals surface area contributed by atoms with Gasteiger partial charge in [-0.1, -0.05) is 25.1 Å². The van der Waals surface area contributed by atoms with Gasteiger partial charge in [0.2, 0.25) is 0 Å². The molecule has 1 aromatic heterocycles. The third-order valence-electron chi connectivity index (χ3n) is 3.60. The van der Waals surface area contributed by atoms with Gasteiger partial charge in [0.15, 0.2) is 0 Å². The molecule has 1 N–H and O–H groups in total. The van der Waals surface area contributed by atoms with Crippen LogP contribution in [0.15, 0.2) is 34.7 Å². The lowest BCUT2D eigenvalue weighted by Crippen LogP contribution is -2.34. The number of hydrogen-bond donors (Lipinski definition) is 1. The minimum atomic E-state index is 0.208. The van der Waals surface area contributed by atoms with Crippen molar-refractivity contribution in [1.82, 2.24) is 10.2 Å². The Morgan fingerprint density at radius 1 is 1.33 bits per heavy atom. The number of rotatable bonds is 9. The van der Waals surface area contributed by atoms with Crippen molar-refractivity contribution in [2.45, 2.75) is 19.4 Å². The minimum absolute atomic E-state index is 0.208. The van der Waals surface area contributed by atoms with Crippen molar-refractivity contribution in [3.8, 4) is 0 Å². The van der Waals surface area contributed by atoms with Gasteiger partial charge in [-0.2, -0.15) is 0 Å². The van der Waals surface area contributed by atoms with Crippen LogP contribution in [0.2, 0.25) is 0 Å². The molecule has 21 heavy (non-hydrogen) atoms. The molecule has 0 aliphatic rings. The van der Waals surface area contributed by atoms with Crippen LogP contribution >= 0.6 is 0 Å². The van der Waals surface area contributed by atoms with Gasteiger partial charge in [-0.05, 0) is 32.1 Å². The highest BCUT2D eigenvalue weighted by molar-refractivity contribution is 5.77. The zero-order valence-corrected chi connectivity index (χ0v) is 13.3. The molecule has 4 heteroatoms. The van der Waals surface area contributed by atoms with Gasteiger partial charge in [-0.15, -0.1) is 0 Å². The van der Waals surface area contributed by atoms with E-state index in [0.29, 0.717) is 0 Å². The average molecular weight is 290 g/mol. The van der Waals surface area contributed by atoms with Crippen LogP contribution in [-0.2, 0) is 4.74 Å². The van der Waals surface area contributed by atoms with Gasteiger partial charge in [0, 0.05) is 25.6 Å². The Labute approximate surface area is 127 Å². The first-order valence-corrected chi connectivity index (χ1v) is 7.64. The number of fused-ring (bicyclic) bond motifs is 1. The van der Waals surface area contributed by atoms with Gasteiger partial charge in [0.05, 0.1) is 12.6 Å². The van der Waals surface area contributed by atoms with Crippen molar-refractivity contribution >= 4 is 11.0 Å². The maximum atomic E-state index is 6.01. The number of furan rings is 1. The molecule has 2 rings (SSSR count). The highest BCUT2D eigenvalue weighted by Gasteiger charge is 2.17. The lowest BCUT2D eigenvalue weighted by Gasteiger charge is -2.23. The molecule has 0 bridgehead atoms. The smallest absolute Gasteiger partial charge is 0.134 e. The first kappa shape index (κ1) is 16.0. The zero-order valence-electron chi connectivity index (χ0n) is 13.3. The van der Waals surface area contributed by atoms with Crippen molar-refractivity contribution in [2.24, 2.45) is 0 Å². The third kappa shape index (κ3) is 4.56. The van der Waals surface area contributed by atoms with Gasteiger partial charge in [-0.25, -0.2) is 0 Å². The van der Waals surface area contributed by atoms with E-state index < -0.39 is 0 Å². The molecule has 2 aromatic rings. The number of para-hydroxylation sites is 1. The van der Waals surface area contributed by atoms with Crippen LogP contribution in [0.3, 0.4) is 0 Å². The van der Waals surface area contributed by atoms with Crippen LogP contribution < -0.4 is 5.32 Å². The summed E-state index contributed by atoms with van der Waals surface area (Å²) in [6.45, 7) is 5.73.